The summed E-state index contributed by atoms with van der Waals surface area (Å²) in [6.45, 7) is 0.936. The summed E-state index contributed by atoms with van der Waals surface area (Å²) in [6.07, 6.45) is -2.09. The second kappa shape index (κ2) is 9.79. The average molecular weight is 503 g/mol. The number of alkyl halides is 2. The number of nitrogens with zero attached hydrogens (tertiary/aromatic N) is 4. The zero-order chi connectivity index (χ0) is 24.6. The van der Waals surface area contributed by atoms with E-state index >= 15 is 0 Å². The molecule has 8 nitrogen and oxygen atoms in total. The minimum atomic E-state index is -2.46. The predicted molar refractivity (Wildman–Crippen MR) is 116 cm³/mol. The fourth-order valence-electron chi connectivity index (χ4n) is 4.26. The first-order chi connectivity index (χ1) is 16.1. The van der Waals surface area contributed by atoms with Crippen molar-refractivity contribution < 1.29 is 27.2 Å². The smallest absolute Gasteiger partial charge is 0.322 e. The van der Waals surface area contributed by atoms with Gasteiger partial charge in [-0.3, -0.25) is 9.48 Å². The van der Waals surface area contributed by atoms with Gasteiger partial charge in [0.25, 0.3) is 12.3 Å². The van der Waals surface area contributed by atoms with E-state index in [1.165, 1.54) is 9.80 Å². The lowest BCUT2D eigenvalue weighted by Crippen LogP contribution is -2.40. The van der Waals surface area contributed by atoms with Gasteiger partial charge in [0.1, 0.15) is 17.3 Å². The van der Waals surface area contributed by atoms with Gasteiger partial charge >= 0.3 is 6.03 Å². The Kier molecular flexibility index (Phi) is 6.99. The number of fused-ring (bicyclic) bond motifs is 3. The van der Waals surface area contributed by atoms with Gasteiger partial charge in [-0.15, -0.1) is 0 Å². The summed E-state index contributed by atoms with van der Waals surface area (Å²) < 4.78 is 54.0. The summed E-state index contributed by atoms with van der Waals surface area (Å²) in [5.74, 6) is -2.30. The lowest BCUT2D eigenvalue weighted by Gasteiger charge is -2.27. The molecule has 0 saturated heterocycles. The molecule has 0 bridgehead atoms. The van der Waals surface area contributed by atoms with Crippen LogP contribution in [0.1, 0.15) is 21.7 Å². The van der Waals surface area contributed by atoms with Crippen LogP contribution in [0.3, 0.4) is 0 Å². The van der Waals surface area contributed by atoms with Gasteiger partial charge in [0.2, 0.25) is 0 Å². The van der Waals surface area contributed by atoms with Gasteiger partial charge in [0.05, 0.1) is 29.5 Å². The quantitative estimate of drug-likeness (QED) is 0.486. The first-order valence-corrected chi connectivity index (χ1v) is 11.0. The Morgan fingerprint density at radius 3 is 2.76 bits per heavy atom. The van der Waals surface area contributed by atoms with Crippen LogP contribution in [0.5, 0.6) is 0 Å². The van der Waals surface area contributed by atoms with Crippen molar-refractivity contribution in [2.75, 3.05) is 38.5 Å². The van der Waals surface area contributed by atoms with Gasteiger partial charge < -0.3 is 20.4 Å². The molecule has 0 unspecified atom stereocenters. The summed E-state index contributed by atoms with van der Waals surface area (Å²) in [7, 11) is 1.63. The minimum Gasteiger partial charge on any atom is -0.340 e. The molecule has 1 aromatic heterocycles. The molecule has 2 aliphatic heterocycles. The molecule has 0 saturated carbocycles. The maximum absolute atomic E-state index is 14.0. The minimum absolute atomic E-state index is 0.0704. The maximum Gasteiger partial charge on any atom is 0.322 e. The number of hydrogen-bond donors (Lipinski definition) is 2. The summed E-state index contributed by atoms with van der Waals surface area (Å²) in [5.41, 5.74) is 1.36. The number of benzene rings is 1. The number of carbonyl (C=O) groups excluding carboxylic acids is 2. The molecule has 2 N–H and O–H groups in total. The van der Waals surface area contributed by atoms with Crippen molar-refractivity contribution >= 4 is 29.2 Å². The van der Waals surface area contributed by atoms with E-state index in [0.29, 0.717) is 49.1 Å². The molecular weight excluding hydrogens is 480 g/mol. The van der Waals surface area contributed by atoms with Crippen molar-refractivity contribution in [3.8, 4) is 0 Å². The highest BCUT2D eigenvalue weighted by Gasteiger charge is 2.34. The number of anilines is 1. The Morgan fingerprint density at radius 1 is 1.26 bits per heavy atom. The van der Waals surface area contributed by atoms with E-state index in [-0.39, 0.29) is 35.6 Å². The molecule has 0 radical (unpaired) electrons. The van der Waals surface area contributed by atoms with Crippen LogP contribution in [-0.2, 0) is 19.5 Å². The monoisotopic (exact) mass is 502 g/mol. The molecule has 1 aromatic carbocycles. The van der Waals surface area contributed by atoms with Crippen LogP contribution in [0, 0.1) is 17.6 Å². The highest BCUT2D eigenvalue weighted by atomic mass is 35.5. The predicted octanol–water partition coefficient (Wildman–Crippen LogP) is 2.96. The van der Waals surface area contributed by atoms with Gasteiger partial charge in [0, 0.05) is 57.2 Å². The van der Waals surface area contributed by atoms with Crippen molar-refractivity contribution in [2.45, 2.75) is 25.9 Å². The summed E-state index contributed by atoms with van der Waals surface area (Å²) in [4.78, 5) is 28.8. The van der Waals surface area contributed by atoms with Crippen LogP contribution in [0.25, 0.3) is 0 Å². The van der Waals surface area contributed by atoms with Gasteiger partial charge in [0.15, 0.2) is 0 Å². The molecule has 2 aromatic rings. The average Bonchev–Trinajstić information content (AvgIpc) is 3.07. The molecule has 3 amide bonds. The summed E-state index contributed by atoms with van der Waals surface area (Å²) >= 11 is 5.69. The highest BCUT2D eigenvalue weighted by molar-refractivity contribution is 6.31. The zero-order valence-corrected chi connectivity index (χ0v) is 19.0. The third-order valence-electron chi connectivity index (χ3n) is 5.88. The van der Waals surface area contributed by atoms with Gasteiger partial charge in [-0.1, -0.05) is 11.6 Å². The molecule has 0 fully saturated rings. The number of carbonyl (C=O) groups is 2. The van der Waals surface area contributed by atoms with Crippen LogP contribution in [0.4, 0.5) is 28.0 Å². The van der Waals surface area contributed by atoms with Crippen molar-refractivity contribution in [3.63, 3.8) is 0 Å². The van der Waals surface area contributed by atoms with Crippen LogP contribution in [0.2, 0.25) is 5.02 Å². The molecule has 3 heterocycles. The van der Waals surface area contributed by atoms with E-state index < -0.39 is 30.6 Å². The number of aromatic nitrogens is 2. The Balaban J connectivity index is 1.52. The zero-order valence-electron chi connectivity index (χ0n) is 18.3. The summed E-state index contributed by atoms with van der Waals surface area (Å²) in [6, 6.07) is 0.951. The molecule has 184 valence electrons. The number of urea groups is 1. The first kappa shape index (κ1) is 24.3. The topological polar surface area (TPSA) is 82.5 Å². The largest absolute Gasteiger partial charge is 0.340 e. The molecule has 13 heteroatoms. The van der Waals surface area contributed by atoms with Crippen LogP contribution in [-0.4, -0.2) is 71.2 Å². The first-order valence-electron chi connectivity index (χ1n) is 10.7. The SMILES string of the molecule is CN1C[C@@H](CNCC(F)F)Cn2nc3c(c2C1=O)CN(C(=O)Nc1cc(Cl)c(F)cc1F)CC3. The standard InChI is InChI=1S/C21H23ClF4N6O2/c1-30-8-11(6-27-7-18(25)26)9-32-19(20(30)33)12-10-31(3-2-16(12)29-32)21(34)28-17-4-13(22)14(23)5-15(17)24/h4-5,11,18,27H,2-3,6-10H2,1H3,(H,28,34)/t11-/m1/s1. The molecule has 1 atom stereocenters. The van der Waals surface area contributed by atoms with E-state index in [1.807, 2.05) is 0 Å². The van der Waals surface area contributed by atoms with E-state index in [4.69, 9.17) is 11.6 Å². The Hall–Kier alpha value is -2.86. The number of halogens is 5. The van der Waals surface area contributed by atoms with Gasteiger partial charge in [-0.05, 0) is 6.07 Å². The lowest BCUT2D eigenvalue weighted by atomic mass is 10.0. The maximum atomic E-state index is 14.0. The third kappa shape index (κ3) is 4.97. The molecular formula is C21H23ClF4N6O2. The van der Waals surface area contributed by atoms with Gasteiger partial charge in [-0.25, -0.2) is 22.4 Å². The van der Waals surface area contributed by atoms with Crippen LogP contribution < -0.4 is 10.6 Å². The fraction of sp³-hybridized carbons (Fsp3) is 0.476. The molecule has 0 spiro atoms. The Morgan fingerprint density at radius 2 is 2.03 bits per heavy atom. The molecule has 34 heavy (non-hydrogen) atoms. The molecule has 0 aliphatic carbocycles. The molecule has 2 aliphatic rings. The number of rotatable bonds is 5. The van der Waals surface area contributed by atoms with Crippen LogP contribution >= 0.6 is 11.6 Å². The second-order valence-electron chi connectivity index (χ2n) is 8.40. The van der Waals surface area contributed by atoms with E-state index in [0.717, 1.165) is 6.07 Å². The van der Waals surface area contributed by atoms with Crippen molar-refractivity contribution in [2.24, 2.45) is 5.92 Å². The van der Waals surface area contributed by atoms with Crippen molar-refractivity contribution in [3.05, 3.63) is 45.7 Å². The van der Waals surface area contributed by atoms with Crippen molar-refractivity contribution in [1.82, 2.24) is 24.9 Å². The van der Waals surface area contributed by atoms with E-state index in [2.05, 4.69) is 15.7 Å². The lowest BCUT2D eigenvalue weighted by molar-refractivity contribution is 0.0776. The van der Waals surface area contributed by atoms with Crippen molar-refractivity contribution in [1.29, 1.82) is 0 Å². The Labute approximate surface area is 197 Å². The number of amides is 3. The second-order valence-corrected chi connectivity index (χ2v) is 8.81. The summed E-state index contributed by atoms with van der Waals surface area (Å²) in [5, 5.41) is 9.34. The van der Waals surface area contributed by atoms with Gasteiger partial charge in [-0.2, -0.15) is 5.10 Å². The van der Waals surface area contributed by atoms with E-state index in [9.17, 15) is 27.2 Å². The number of hydrogen-bond acceptors (Lipinski definition) is 4. The number of nitrogens with one attached hydrogen (secondary N) is 2. The fourth-order valence-corrected chi connectivity index (χ4v) is 4.43. The Bertz CT molecular complexity index is 1110. The highest BCUT2D eigenvalue weighted by Crippen LogP contribution is 2.28. The third-order valence-corrected chi connectivity index (χ3v) is 6.17. The normalized spacial score (nSPS) is 18.1. The van der Waals surface area contributed by atoms with E-state index in [1.54, 1.807) is 11.7 Å². The van der Waals surface area contributed by atoms with Crippen LogP contribution in [0.15, 0.2) is 12.1 Å². The molecule has 4 rings (SSSR count).